The highest BCUT2D eigenvalue weighted by Crippen LogP contribution is 2.20. The van der Waals surface area contributed by atoms with Crippen molar-refractivity contribution in [3.05, 3.63) is 108 Å². The van der Waals surface area contributed by atoms with E-state index in [1.165, 1.54) is 0 Å². The summed E-state index contributed by atoms with van der Waals surface area (Å²) in [6, 6.07) is 25.4. The molecule has 2 atom stereocenters. The number of fused-ring (bicyclic) bond motifs is 1. The van der Waals surface area contributed by atoms with Crippen molar-refractivity contribution in [2.75, 3.05) is 13.6 Å². The zero-order valence-corrected chi connectivity index (χ0v) is 23.8. The van der Waals surface area contributed by atoms with Crippen molar-refractivity contribution in [3.8, 4) is 0 Å². The molecule has 0 fully saturated rings. The highest BCUT2D eigenvalue weighted by Gasteiger charge is 2.29. The molecule has 41 heavy (non-hydrogen) atoms. The van der Waals surface area contributed by atoms with Gasteiger partial charge in [-0.3, -0.25) is 14.4 Å². The lowest BCUT2D eigenvalue weighted by molar-refractivity contribution is -0.136. The monoisotopic (exact) mass is 553 g/mol. The van der Waals surface area contributed by atoms with Gasteiger partial charge in [0.15, 0.2) is 0 Å². The number of nitrogens with one attached hydrogen (secondary N) is 2. The Morgan fingerprint density at radius 1 is 0.829 bits per heavy atom. The van der Waals surface area contributed by atoms with Crippen molar-refractivity contribution in [3.63, 3.8) is 0 Å². The maximum Gasteiger partial charge on any atom is 0.254 e. The fourth-order valence-electron chi connectivity index (χ4n) is 5.04. The van der Waals surface area contributed by atoms with Crippen molar-refractivity contribution >= 4 is 28.6 Å². The quantitative estimate of drug-likeness (QED) is 0.219. The first kappa shape index (κ1) is 29.6. The molecule has 1 aromatic heterocycles. The summed E-state index contributed by atoms with van der Waals surface area (Å²) in [5, 5.41) is 6.73. The van der Waals surface area contributed by atoms with Gasteiger partial charge in [-0.05, 0) is 43.0 Å². The van der Waals surface area contributed by atoms with Crippen LogP contribution in [0, 0.1) is 0 Å². The Bertz CT molecular complexity index is 1450. The summed E-state index contributed by atoms with van der Waals surface area (Å²) in [6.45, 7) is 0.906. The van der Waals surface area contributed by atoms with E-state index < -0.39 is 18.0 Å². The first-order valence-electron chi connectivity index (χ1n) is 14.1. The third-order valence-electron chi connectivity index (χ3n) is 7.25. The maximum absolute atomic E-state index is 13.7. The van der Waals surface area contributed by atoms with Gasteiger partial charge in [-0.1, -0.05) is 78.9 Å². The molecule has 8 nitrogen and oxygen atoms in total. The number of nitrogens with zero attached hydrogens (tertiary/aromatic N) is 2. The summed E-state index contributed by atoms with van der Waals surface area (Å²) in [4.78, 5) is 42.5. The number of aromatic nitrogens is 1. The van der Waals surface area contributed by atoms with Crippen LogP contribution in [0.1, 0.15) is 40.7 Å². The molecule has 0 spiro atoms. The first-order chi connectivity index (χ1) is 19.9. The fraction of sp³-hybridized carbons (Fsp3) is 0.303. The van der Waals surface area contributed by atoms with Crippen LogP contribution in [0.25, 0.3) is 10.9 Å². The predicted octanol–water partition coefficient (Wildman–Crippen LogP) is 3.79. The number of unbranched alkanes of at least 4 members (excludes halogenated alkanes) is 1. The lowest BCUT2D eigenvalue weighted by atomic mass is 10.0. The van der Waals surface area contributed by atoms with Crippen LogP contribution >= 0.6 is 0 Å². The van der Waals surface area contributed by atoms with Crippen LogP contribution in [-0.2, 0) is 29.6 Å². The smallest absolute Gasteiger partial charge is 0.254 e. The molecule has 0 unspecified atom stereocenters. The second-order valence-electron chi connectivity index (χ2n) is 10.4. The van der Waals surface area contributed by atoms with Crippen molar-refractivity contribution in [2.45, 2.75) is 44.3 Å². The van der Waals surface area contributed by atoms with Crippen LogP contribution in [0.15, 0.2) is 91.1 Å². The minimum Gasteiger partial charge on any atom is -0.350 e. The summed E-state index contributed by atoms with van der Waals surface area (Å²) in [5.41, 5.74) is 9.06. The van der Waals surface area contributed by atoms with E-state index in [0.717, 1.165) is 28.5 Å². The number of nitrogens with two attached hydrogens (primary N) is 1. The first-order valence-corrected chi connectivity index (χ1v) is 14.1. The molecule has 0 aliphatic rings. The van der Waals surface area contributed by atoms with E-state index in [1.54, 1.807) is 18.1 Å². The standard InChI is InChI=1S/C33H39N5O3/c1-37-23-27(26-17-9-10-19-30(26)37)31(39)35-28(18-11-12-20-34)32(40)36-29(21-24-13-5-3-6-14-24)33(41)38(2)22-25-15-7-4-8-16-25/h3-10,13-17,19,23,28-29H,11-12,18,20-22,34H2,1-2H3,(H,35,39)(H,36,40)/t28-,29-/m0/s1. The van der Waals surface area contributed by atoms with Gasteiger partial charge in [0.05, 0.1) is 5.56 Å². The van der Waals surface area contributed by atoms with E-state index in [9.17, 15) is 14.4 Å². The van der Waals surface area contributed by atoms with Crippen molar-refractivity contribution in [2.24, 2.45) is 12.8 Å². The third-order valence-corrected chi connectivity index (χ3v) is 7.25. The molecule has 8 heteroatoms. The van der Waals surface area contributed by atoms with Gasteiger partial charge in [0.1, 0.15) is 12.1 Å². The molecule has 3 aromatic carbocycles. The van der Waals surface area contributed by atoms with Gasteiger partial charge in [0.25, 0.3) is 5.91 Å². The second kappa shape index (κ2) is 14.3. The number of benzene rings is 3. The fourth-order valence-corrected chi connectivity index (χ4v) is 5.04. The van der Waals surface area contributed by atoms with E-state index in [2.05, 4.69) is 10.6 Å². The Labute approximate surface area is 241 Å². The minimum absolute atomic E-state index is 0.202. The molecule has 1 heterocycles. The van der Waals surface area contributed by atoms with Crippen LogP contribution < -0.4 is 16.4 Å². The van der Waals surface area contributed by atoms with E-state index in [4.69, 9.17) is 5.73 Å². The predicted molar refractivity (Wildman–Crippen MR) is 162 cm³/mol. The Morgan fingerprint density at radius 3 is 2.15 bits per heavy atom. The van der Waals surface area contributed by atoms with Gasteiger partial charge in [-0.2, -0.15) is 0 Å². The Balaban J connectivity index is 1.54. The van der Waals surface area contributed by atoms with Crippen molar-refractivity contribution in [1.29, 1.82) is 0 Å². The number of hydrogen-bond donors (Lipinski definition) is 3. The summed E-state index contributed by atoms with van der Waals surface area (Å²) in [5.74, 6) is -0.924. The molecule has 4 N–H and O–H groups in total. The Morgan fingerprint density at radius 2 is 1.46 bits per heavy atom. The summed E-state index contributed by atoms with van der Waals surface area (Å²) in [6.07, 6.45) is 3.90. The highest BCUT2D eigenvalue weighted by atomic mass is 16.2. The van der Waals surface area contributed by atoms with Crippen molar-refractivity contribution in [1.82, 2.24) is 20.1 Å². The average Bonchev–Trinajstić information content (AvgIpc) is 3.33. The van der Waals surface area contributed by atoms with E-state index in [-0.39, 0.29) is 11.8 Å². The number of likely N-dealkylation sites (N-methyl/N-ethyl adjacent to an activating group) is 1. The topological polar surface area (TPSA) is 109 Å². The second-order valence-corrected chi connectivity index (χ2v) is 10.4. The normalized spacial score (nSPS) is 12.5. The molecule has 3 amide bonds. The molecule has 0 radical (unpaired) electrons. The molecule has 0 saturated carbocycles. The number of amides is 3. The molecule has 0 aliphatic heterocycles. The van der Waals surface area contributed by atoms with Gasteiger partial charge in [-0.25, -0.2) is 0 Å². The van der Waals surface area contributed by atoms with Gasteiger partial charge in [0, 0.05) is 44.2 Å². The van der Waals surface area contributed by atoms with E-state index >= 15 is 0 Å². The summed E-state index contributed by atoms with van der Waals surface area (Å²) in [7, 11) is 3.62. The Kier molecular flexibility index (Phi) is 10.3. The molecular weight excluding hydrogens is 514 g/mol. The van der Waals surface area contributed by atoms with Crippen LogP contribution in [0.3, 0.4) is 0 Å². The van der Waals surface area contributed by atoms with E-state index in [0.29, 0.717) is 37.9 Å². The van der Waals surface area contributed by atoms with Gasteiger partial charge < -0.3 is 25.8 Å². The number of aryl methyl sites for hydroxylation is 1. The van der Waals surface area contributed by atoms with Gasteiger partial charge in [0.2, 0.25) is 11.8 Å². The maximum atomic E-state index is 13.7. The molecular formula is C33H39N5O3. The highest BCUT2D eigenvalue weighted by molar-refractivity contribution is 6.08. The summed E-state index contributed by atoms with van der Waals surface area (Å²) < 4.78 is 1.89. The zero-order valence-electron chi connectivity index (χ0n) is 23.8. The number of carbonyl (C=O) groups excluding carboxylic acids is 3. The number of rotatable bonds is 13. The number of para-hydroxylation sites is 1. The lowest BCUT2D eigenvalue weighted by Gasteiger charge is -2.27. The largest absolute Gasteiger partial charge is 0.350 e. The van der Waals surface area contributed by atoms with Crippen LogP contribution in [0.4, 0.5) is 0 Å². The number of hydrogen-bond acceptors (Lipinski definition) is 4. The Hall–Kier alpha value is -4.43. The van der Waals surface area contributed by atoms with E-state index in [1.807, 2.05) is 96.5 Å². The van der Waals surface area contributed by atoms with Crippen molar-refractivity contribution < 1.29 is 14.4 Å². The third kappa shape index (κ3) is 7.83. The molecule has 0 bridgehead atoms. The minimum atomic E-state index is -0.821. The molecule has 4 rings (SSSR count). The van der Waals surface area contributed by atoms with Crippen LogP contribution in [0.5, 0.6) is 0 Å². The van der Waals surface area contributed by atoms with Crippen LogP contribution in [-0.4, -0.2) is 52.9 Å². The number of carbonyl (C=O) groups is 3. The summed E-state index contributed by atoms with van der Waals surface area (Å²) >= 11 is 0. The molecule has 0 aliphatic carbocycles. The van der Waals surface area contributed by atoms with Gasteiger partial charge in [-0.15, -0.1) is 0 Å². The average molecular weight is 554 g/mol. The molecule has 214 valence electrons. The van der Waals surface area contributed by atoms with Gasteiger partial charge >= 0.3 is 0 Å². The molecule has 4 aromatic rings. The van der Waals surface area contributed by atoms with Crippen LogP contribution in [0.2, 0.25) is 0 Å². The lowest BCUT2D eigenvalue weighted by Crippen LogP contribution is -2.54. The SMILES string of the molecule is CN(Cc1ccccc1)C(=O)[C@H](Cc1ccccc1)NC(=O)[C@H](CCCCN)NC(=O)c1cn(C)c2ccccc12. The molecule has 0 saturated heterocycles. The zero-order chi connectivity index (χ0) is 29.2.